The summed E-state index contributed by atoms with van der Waals surface area (Å²) in [5.74, 6) is 0.373. The molecule has 2 rings (SSSR count). The second-order valence-corrected chi connectivity index (χ2v) is 2.80. The number of aliphatic hydroxyl groups is 1. The average molecular weight is 150 g/mol. The number of hydrogen-bond acceptors (Lipinski definition) is 2. The Morgan fingerprint density at radius 1 is 1.64 bits per heavy atom. The predicted octanol–water partition coefficient (Wildman–Crippen LogP) is 1.56. The highest BCUT2D eigenvalue weighted by Gasteiger charge is 2.16. The van der Waals surface area contributed by atoms with E-state index in [2.05, 4.69) is 10.2 Å². The summed E-state index contributed by atoms with van der Waals surface area (Å²) >= 11 is 0. The fraction of sp³-hybridized carbons (Fsp3) is 0.375. The molecule has 0 unspecified atom stereocenters. The minimum Gasteiger partial charge on any atom is -0.508 e. The van der Waals surface area contributed by atoms with Gasteiger partial charge in [-0.25, -0.2) is 0 Å². The van der Waals surface area contributed by atoms with Crippen molar-refractivity contribution in [3.8, 4) is 0 Å². The Morgan fingerprint density at radius 3 is 3.18 bits per heavy atom. The summed E-state index contributed by atoms with van der Waals surface area (Å²) in [5, 5.41) is 16.4. The third-order valence-corrected chi connectivity index (χ3v) is 2.00. The summed E-state index contributed by atoms with van der Waals surface area (Å²) in [6.45, 7) is 1.92. The summed E-state index contributed by atoms with van der Waals surface area (Å²) in [4.78, 5) is 0. The van der Waals surface area contributed by atoms with Crippen LogP contribution >= 0.6 is 0 Å². The van der Waals surface area contributed by atoms with Crippen molar-refractivity contribution in [2.75, 3.05) is 0 Å². The molecule has 1 heterocycles. The number of allylic oxidation sites excluding steroid dienone is 1. The van der Waals surface area contributed by atoms with Gasteiger partial charge in [-0.3, -0.25) is 5.10 Å². The number of aromatic nitrogens is 2. The summed E-state index contributed by atoms with van der Waals surface area (Å²) in [5.41, 5.74) is 2.84. The van der Waals surface area contributed by atoms with Crippen LogP contribution in [0.2, 0.25) is 0 Å². The average Bonchev–Trinajstić information content (AvgIpc) is 2.34. The zero-order valence-electron chi connectivity index (χ0n) is 6.39. The van der Waals surface area contributed by atoms with Gasteiger partial charge in [-0.15, -0.1) is 0 Å². The number of aryl methyl sites for hydroxylation is 2. The van der Waals surface area contributed by atoms with Crippen molar-refractivity contribution in [1.82, 2.24) is 10.2 Å². The highest BCUT2D eigenvalue weighted by molar-refractivity contribution is 5.64. The molecule has 0 radical (unpaired) electrons. The van der Waals surface area contributed by atoms with Crippen molar-refractivity contribution in [2.24, 2.45) is 0 Å². The molecule has 1 aromatic heterocycles. The molecule has 1 aliphatic carbocycles. The van der Waals surface area contributed by atoms with E-state index in [0.717, 1.165) is 29.8 Å². The Bertz CT molecular complexity index is 312. The molecule has 2 N–H and O–H groups in total. The van der Waals surface area contributed by atoms with E-state index >= 15 is 0 Å². The summed E-state index contributed by atoms with van der Waals surface area (Å²) < 4.78 is 0. The Balaban J connectivity index is 2.61. The van der Waals surface area contributed by atoms with Gasteiger partial charge < -0.3 is 5.11 Å². The number of aliphatic hydroxyl groups excluding tert-OH is 1. The maximum Gasteiger partial charge on any atom is 0.122 e. The number of H-pyrrole nitrogens is 1. The van der Waals surface area contributed by atoms with Gasteiger partial charge in [0, 0.05) is 5.69 Å². The third kappa shape index (κ3) is 0.843. The number of hydrogen-bond donors (Lipinski definition) is 2. The second kappa shape index (κ2) is 2.12. The molecule has 1 aromatic rings. The van der Waals surface area contributed by atoms with Crippen LogP contribution in [0, 0.1) is 6.92 Å². The fourth-order valence-corrected chi connectivity index (χ4v) is 1.45. The lowest BCUT2D eigenvalue weighted by Crippen LogP contribution is -1.97. The van der Waals surface area contributed by atoms with Gasteiger partial charge in [0.2, 0.25) is 0 Å². The number of nitrogens with zero attached hydrogens (tertiary/aromatic N) is 1. The minimum atomic E-state index is 0.373. The van der Waals surface area contributed by atoms with Crippen LogP contribution in [0.5, 0.6) is 0 Å². The molecule has 58 valence electrons. The minimum absolute atomic E-state index is 0.373. The van der Waals surface area contributed by atoms with E-state index in [1.165, 1.54) is 0 Å². The first kappa shape index (κ1) is 6.46. The summed E-state index contributed by atoms with van der Waals surface area (Å²) in [6.07, 6.45) is 3.66. The van der Waals surface area contributed by atoms with Gasteiger partial charge in [-0.1, -0.05) is 0 Å². The van der Waals surface area contributed by atoms with Crippen molar-refractivity contribution in [1.29, 1.82) is 0 Å². The molecule has 0 spiro atoms. The first-order chi connectivity index (χ1) is 5.29. The Labute approximate surface area is 64.8 Å². The predicted molar refractivity (Wildman–Crippen MR) is 42.3 cm³/mol. The van der Waals surface area contributed by atoms with Gasteiger partial charge in [-0.2, -0.15) is 5.10 Å². The van der Waals surface area contributed by atoms with E-state index in [9.17, 15) is 5.11 Å². The highest BCUT2D eigenvalue weighted by atomic mass is 16.3. The zero-order valence-corrected chi connectivity index (χ0v) is 6.39. The maximum absolute atomic E-state index is 9.43. The van der Waals surface area contributed by atoms with E-state index in [-0.39, 0.29) is 0 Å². The van der Waals surface area contributed by atoms with Gasteiger partial charge in [0.15, 0.2) is 0 Å². The molecule has 0 saturated carbocycles. The van der Waals surface area contributed by atoms with Crippen LogP contribution in [0.15, 0.2) is 6.08 Å². The molecule has 0 bridgehead atoms. The Kier molecular flexibility index (Phi) is 1.24. The number of fused-ring (bicyclic) bond motifs is 1. The van der Waals surface area contributed by atoms with Crippen molar-refractivity contribution in [3.63, 3.8) is 0 Å². The molecule has 3 heteroatoms. The quantitative estimate of drug-likeness (QED) is 0.589. The monoisotopic (exact) mass is 150 g/mol. The van der Waals surface area contributed by atoms with Crippen molar-refractivity contribution < 1.29 is 5.11 Å². The van der Waals surface area contributed by atoms with Crippen molar-refractivity contribution in [3.05, 3.63) is 23.0 Å². The first-order valence-corrected chi connectivity index (χ1v) is 3.72. The topological polar surface area (TPSA) is 48.9 Å². The van der Waals surface area contributed by atoms with Gasteiger partial charge >= 0.3 is 0 Å². The molecule has 11 heavy (non-hydrogen) atoms. The number of rotatable bonds is 0. The smallest absolute Gasteiger partial charge is 0.122 e. The normalized spacial score (nSPS) is 15.9. The van der Waals surface area contributed by atoms with Crippen molar-refractivity contribution >= 4 is 5.76 Å². The van der Waals surface area contributed by atoms with Gasteiger partial charge in [-0.05, 0) is 25.8 Å². The van der Waals surface area contributed by atoms with Crippen LogP contribution in [-0.4, -0.2) is 15.3 Å². The SMILES string of the molecule is Cc1[nH]nc2c1C(O)=CCC2. The highest BCUT2D eigenvalue weighted by Crippen LogP contribution is 2.24. The lowest BCUT2D eigenvalue weighted by molar-refractivity contribution is 0.504. The van der Waals surface area contributed by atoms with Crippen LogP contribution < -0.4 is 0 Å². The van der Waals surface area contributed by atoms with Gasteiger partial charge in [0.25, 0.3) is 0 Å². The maximum atomic E-state index is 9.43. The number of nitrogens with one attached hydrogen (secondary N) is 1. The van der Waals surface area contributed by atoms with E-state index in [0.29, 0.717) is 5.76 Å². The molecule has 0 atom stereocenters. The number of aromatic amines is 1. The zero-order chi connectivity index (χ0) is 7.84. The Hall–Kier alpha value is -1.25. The lowest BCUT2D eigenvalue weighted by atomic mass is 10.0. The first-order valence-electron chi connectivity index (χ1n) is 3.72. The molecule has 0 aliphatic heterocycles. The molecule has 3 nitrogen and oxygen atoms in total. The largest absolute Gasteiger partial charge is 0.508 e. The summed E-state index contributed by atoms with van der Waals surface area (Å²) in [7, 11) is 0. The van der Waals surface area contributed by atoms with Crippen LogP contribution in [0.25, 0.3) is 5.76 Å². The van der Waals surface area contributed by atoms with E-state index in [4.69, 9.17) is 0 Å². The van der Waals surface area contributed by atoms with Crippen LogP contribution in [0.3, 0.4) is 0 Å². The molecule has 0 aromatic carbocycles. The third-order valence-electron chi connectivity index (χ3n) is 2.00. The second-order valence-electron chi connectivity index (χ2n) is 2.80. The van der Waals surface area contributed by atoms with E-state index < -0.39 is 0 Å². The van der Waals surface area contributed by atoms with Gasteiger partial charge in [0.05, 0.1) is 11.3 Å². The van der Waals surface area contributed by atoms with Crippen LogP contribution in [0.4, 0.5) is 0 Å². The Morgan fingerprint density at radius 2 is 2.45 bits per heavy atom. The standard InChI is InChI=1S/C8H10N2O/c1-5-8-6(10-9-5)3-2-4-7(8)11/h4,11H,2-3H2,1H3,(H,9,10). The molecule has 1 aliphatic rings. The van der Waals surface area contributed by atoms with E-state index in [1.54, 1.807) is 0 Å². The van der Waals surface area contributed by atoms with E-state index in [1.807, 2.05) is 13.0 Å². The molecular weight excluding hydrogens is 140 g/mol. The fourth-order valence-electron chi connectivity index (χ4n) is 1.45. The van der Waals surface area contributed by atoms with Gasteiger partial charge in [0.1, 0.15) is 5.76 Å². The molecule has 0 fully saturated rings. The molecule has 0 saturated heterocycles. The van der Waals surface area contributed by atoms with Crippen molar-refractivity contribution in [2.45, 2.75) is 19.8 Å². The lowest BCUT2D eigenvalue weighted by Gasteiger charge is -2.06. The van der Waals surface area contributed by atoms with Crippen LogP contribution in [-0.2, 0) is 6.42 Å². The summed E-state index contributed by atoms with van der Waals surface area (Å²) in [6, 6.07) is 0. The molecule has 0 amide bonds. The van der Waals surface area contributed by atoms with Crippen LogP contribution in [0.1, 0.15) is 23.4 Å². The molecular formula is C8H10N2O.